The van der Waals surface area contributed by atoms with Gasteiger partial charge >= 0.3 is 0 Å². The molecule has 1 atom stereocenters. The molecule has 38 heavy (non-hydrogen) atoms. The lowest BCUT2D eigenvalue weighted by Crippen LogP contribution is -2.52. The van der Waals surface area contributed by atoms with Crippen LogP contribution in [0.3, 0.4) is 0 Å². The summed E-state index contributed by atoms with van der Waals surface area (Å²) in [7, 11) is 3.11. The Labute approximate surface area is 225 Å². The summed E-state index contributed by atoms with van der Waals surface area (Å²) in [6.45, 7) is 4.69. The molecule has 2 amide bonds. The van der Waals surface area contributed by atoms with Crippen molar-refractivity contribution in [2.24, 2.45) is 0 Å². The van der Waals surface area contributed by atoms with E-state index in [0.717, 1.165) is 29.5 Å². The number of unbranched alkanes of at least 4 members (excludes halogenated alkanes) is 1. The summed E-state index contributed by atoms with van der Waals surface area (Å²) in [5.74, 6) is 1.09. The fourth-order valence-corrected chi connectivity index (χ4v) is 4.12. The number of carbonyl (C=O) groups excluding carboxylic acids is 2. The first-order chi connectivity index (χ1) is 18.4. The quantitative estimate of drug-likeness (QED) is 0.306. The number of nitrogens with one attached hydrogen (secondary N) is 1. The molecule has 0 bridgehead atoms. The molecular weight excluding hydrogens is 480 g/mol. The first-order valence-electron chi connectivity index (χ1n) is 13.0. The molecule has 3 rings (SSSR count). The molecule has 7 nitrogen and oxygen atoms in total. The fraction of sp³-hybridized carbons (Fsp3) is 0.355. The lowest BCUT2D eigenvalue weighted by atomic mass is 10.0. The highest BCUT2D eigenvalue weighted by Crippen LogP contribution is 2.27. The number of nitrogens with zero attached hydrogens (tertiary/aromatic N) is 1. The highest BCUT2D eigenvalue weighted by Gasteiger charge is 2.31. The van der Waals surface area contributed by atoms with E-state index in [1.54, 1.807) is 37.3 Å². The summed E-state index contributed by atoms with van der Waals surface area (Å²) in [6, 6.07) is 22.1. The smallest absolute Gasteiger partial charge is 0.261 e. The summed E-state index contributed by atoms with van der Waals surface area (Å²) in [5, 5.41) is 3.04. The molecule has 0 spiro atoms. The van der Waals surface area contributed by atoms with Crippen LogP contribution in [0.5, 0.6) is 17.2 Å². The van der Waals surface area contributed by atoms with Crippen molar-refractivity contribution in [2.45, 2.75) is 45.7 Å². The zero-order valence-corrected chi connectivity index (χ0v) is 22.7. The Bertz CT molecular complexity index is 1160. The van der Waals surface area contributed by atoms with Gasteiger partial charge in [-0.15, -0.1) is 0 Å². The molecule has 3 aromatic rings. The number of ether oxygens (including phenoxy) is 3. The van der Waals surface area contributed by atoms with Crippen LogP contribution in [0.1, 0.15) is 36.5 Å². The van der Waals surface area contributed by atoms with E-state index in [9.17, 15) is 9.59 Å². The zero-order chi connectivity index (χ0) is 27.3. The second kappa shape index (κ2) is 14.7. The van der Waals surface area contributed by atoms with Crippen molar-refractivity contribution in [3.63, 3.8) is 0 Å². The molecule has 0 aromatic heterocycles. The van der Waals surface area contributed by atoms with Crippen LogP contribution in [0.15, 0.2) is 72.8 Å². The van der Waals surface area contributed by atoms with E-state index in [1.165, 1.54) is 0 Å². The van der Waals surface area contributed by atoms with Gasteiger partial charge in [-0.05, 0) is 30.0 Å². The van der Waals surface area contributed by atoms with Crippen LogP contribution < -0.4 is 19.5 Å². The predicted molar refractivity (Wildman–Crippen MR) is 149 cm³/mol. The average molecular weight is 519 g/mol. The van der Waals surface area contributed by atoms with E-state index in [2.05, 4.69) is 12.2 Å². The SMILES string of the molecule is CCCCNC(=O)[C@@H](Cc1ccccc1)N(Cc1ccccc1C)C(=O)COc1cc(OC)cc(OC)c1. The van der Waals surface area contributed by atoms with Crippen LogP contribution in [0.4, 0.5) is 0 Å². The summed E-state index contributed by atoms with van der Waals surface area (Å²) < 4.78 is 16.5. The minimum Gasteiger partial charge on any atom is -0.496 e. The van der Waals surface area contributed by atoms with Gasteiger partial charge in [0.1, 0.15) is 23.3 Å². The van der Waals surface area contributed by atoms with Gasteiger partial charge in [0.15, 0.2) is 6.61 Å². The van der Waals surface area contributed by atoms with Gasteiger partial charge in [-0.3, -0.25) is 9.59 Å². The van der Waals surface area contributed by atoms with E-state index in [-0.39, 0.29) is 25.0 Å². The van der Waals surface area contributed by atoms with Gasteiger partial charge < -0.3 is 24.4 Å². The van der Waals surface area contributed by atoms with Crippen LogP contribution in [-0.2, 0) is 22.6 Å². The molecule has 0 saturated heterocycles. The van der Waals surface area contributed by atoms with Crippen molar-refractivity contribution in [3.8, 4) is 17.2 Å². The number of hydrogen-bond acceptors (Lipinski definition) is 5. The normalized spacial score (nSPS) is 11.4. The Balaban J connectivity index is 1.91. The van der Waals surface area contributed by atoms with Gasteiger partial charge in [-0.1, -0.05) is 67.9 Å². The van der Waals surface area contributed by atoms with Gasteiger partial charge in [0, 0.05) is 37.7 Å². The molecule has 0 aliphatic heterocycles. The summed E-state index contributed by atoms with van der Waals surface area (Å²) in [4.78, 5) is 28.9. The maximum absolute atomic E-state index is 13.8. The molecule has 0 radical (unpaired) electrons. The summed E-state index contributed by atoms with van der Waals surface area (Å²) >= 11 is 0. The Hall–Kier alpha value is -4.00. The number of hydrogen-bond donors (Lipinski definition) is 1. The third-order valence-electron chi connectivity index (χ3n) is 6.39. The topological polar surface area (TPSA) is 77.1 Å². The first kappa shape index (κ1) is 28.6. The molecule has 1 N–H and O–H groups in total. The number of aryl methyl sites for hydroxylation is 1. The summed E-state index contributed by atoms with van der Waals surface area (Å²) in [5.41, 5.74) is 3.00. The van der Waals surface area contributed by atoms with Gasteiger partial charge in [0.05, 0.1) is 14.2 Å². The Kier molecular flexibility index (Phi) is 11.0. The lowest BCUT2D eigenvalue weighted by molar-refractivity contribution is -0.142. The second-order valence-electron chi connectivity index (χ2n) is 9.14. The number of methoxy groups -OCH3 is 2. The Morgan fingerprint density at radius 3 is 2.16 bits per heavy atom. The van der Waals surface area contributed by atoms with E-state index < -0.39 is 6.04 Å². The monoisotopic (exact) mass is 518 g/mol. The van der Waals surface area contributed by atoms with E-state index in [1.807, 2.05) is 61.5 Å². The average Bonchev–Trinajstić information content (AvgIpc) is 2.94. The Morgan fingerprint density at radius 2 is 1.53 bits per heavy atom. The molecule has 0 heterocycles. The van der Waals surface area contributed by atoms with Crippen LogP contribution in [0.2, 0.25) is 0 Å². The van der Waals surface area contributed by atoms with Crippen LogP contribution in [0.25, 0.3) is 0 Å². The van der Waals surface area contributed by atoms with Crippen LogP contribution in [0, 0.1) is 6.92 Å². The molecular formula is C31H38N2O5. The molecule has 202 valence electrons. The molecule has 0 unspecified atom stereocenters. The maximum atomic E-state index is 13.8. The molecule has 3 aromatic carbocycles. The third kappa shape index (κ3) is 8.26. The Morgan fingerprint density at radius 1 is 0.895 bits per heavy atom. The maximum Gasteiger partial charge on any atom is 0.261 e. The third-order valence-corrected chi connectivity index (χ3v) is 6.39. The molecule has 7 heteroatoms. The fourth-order valence-electron chi connectivity index (χ4n) is 4.12. The van der Waals surface area contributed by atoms with E-state index in [0.29, 0.717) is 30.2 Å². The number of amides is 2. The second-order valence-corrected chi connectivity index (χ2v) is 9.14. The first-order valence-corrected chi connectivity index (χ1v) is 13.0. The minimum atomic E-state index is -0.704. The van der Waals surface area contributed by atoms with Crippen molar-refractivity contribution in [3.05, 3.63) is 89.5 Å². The molecule has 0 aliphatic rings. The number of rotatable bonds is 14. The van der Waals surface area contributed by atoms with Gasteiger partial charge in [0.2, 0.25) is 5.91 Å². The van der Waals surface area contributed by atoms with Crippen molar-refractivity contribution in [1.29, 1.82) is 0 Å². The number of carbonyl (C=O) groups is 2. The largest absolute Gasteiger partial charge is 0.496 e. The van der Waals surface area contributed by atoms with Crippen molar-refractivity contribution in [2.75, 3.05) is 27.4 Å². The van der Waals surface area contributed by atoms with Crippen LogP contribution >= 0.6 is 0 Å². The molecule has 0 saturated carbocycles. The van der Waals surface area contributed by atoms with Gasteiger partial charge in [0.25, 0.3) is 5.91 Å². The highest BCUT2D eigenvalue weighted by molar-refractivity contribution is 5.88. The highest BCUT2D eigenvalue weighted by atomic mass is 16.5. The number of benzene rings is 3. The van der Waals surface area contributed by atoms with Gasteiger partial charge in [-0.2, -0.15) is 0 Å². The minimum absolute atomic E-state index is 0.174. The van der Waals surface area contributed by atoms with Crippen molar-refractivity contribution >= 4 is 11.8 Å². The van der Waals surface area contributed by atoms with Crippen molar-refractivity contribution < 1.29 is 23.8 Å². The van der Waals surface area contributed by atoms with E-state index >= 15 is 0 Å². The van der Waals surface area contributed by atoms with E-state index in [4.69, 9.17) is 14.2 Å². The van der Waals surface area contributed by atoms with Crippen molar-refractivity contribution in [1.82, 2.24) is 10.2 Å². The molecule has 0 fully saturated rings. The standard InChI is InChI=1S/C31H38N2O5/c1-5-6-16-32-31(35)29(17-24-13-8-7-9-14-24)33(21-25-15-11-10-12-23(25)2)30(34)22-38-28-19-26(36-3)18-27(20-28)37-4/h7-15,18-20,29H,5-6,16-17,21-22H2,1-4H3,(H,32,35)/t29-/m1/s1. The summed E-state index contributed by atoms with van der Waals surface area (Å²) in [6.07, 6.45) is 2.23. The lowest BCUT2D eigenvalue weighted by Gasteiger charge is -2.32. The zero-order valence-electron chi connectivity index (χ0n) is 22.7. The predicted octanol–water partition coefficient (Wildman–Crippen LogP) is 4.95. The van der Waals surface area contributed by atoms with Gasteiger partial charge in [-0.25, -0.2) is 0 Å². The molecule has 0 aliphatic carbocycles. The van der Waals surface area contributed by atoms with Crippen LogP contribution in [-0.4, -0.2) is 50.1 Å².